The summed E-state index contributed by atoms with van der Waals surface area (Å²) in [4.78, 5) is 4.77. The van der Waals surface area contributed by atoms with Gasteiger partial charge in [-0.3, -0.25) is 0 Å². The Hall–Kier alpha value is -2.56. The molecule has 0 radical (unpaired) electrons. The molecule has 3 rings (SSSR count). The first kappa shape index (κ1) is 14.4. The Labute approximate surface area is 130 Å². The predicted octanol–water partition coefficient (Wildman–Crippen LogP) is 3.10. The minimum atomic E-state index is -0.0597. The van der Waals surface area contributed by atoms with Crippen LogP contribution in [0.4, 0.5) is 11.5 Å². The van der Waals surface area contributed by atoms with Crippen LogP contribution in [-0.2, 0) is 12.5 Å². The van der Waals surface area contributed by atoms with Gasteiger partial charge in [0.1, 0.15) is 0 Å². The Morgan fingerprint density at radius 2 is 1.68 bits per heavy atom. The number of nitrogen functional groups attached to an aromatic ring is 2. The van der Waals surface area contributed by atoms with Crippen LogP contribution in [0, 0.1) is 0 Å². The van der Waals surface area contributed by atoms with Crippen LogP contribution in [0.3, 0.4) is 0 Å². The lowest BCUT2D eigenvalue weighted by Gasteiger charge is -2.19. The number of nitrogens with two attached hydrogens (primary N) is 2. The molecule has 0 spiro atoms. The molecule has 0 bridgehead atoms. The summed E-state index contributed by atoms with van der Waals surface area (Å²) in [6, 6.07) is 9.90. The number of hydrogen-bond acceptors (Lipinski definition) is 4. The van der Waals surface area contributed by atoms with Gasteiger partial charge in [0.15, 0.2) is 11.5 Å². The molecule has 1 aromatic carbocycles. The number of aryl methyl sites for hydroxylation is 1. The van der Waals surface area contributed by atoms with Gasteiger partial charge in [-0.25, -0.2) is 9.67 Å². The van der Waals surface area contributed by atoms with E-state index in [0.717, 1.165) is 33.5 Å². The van der Waals surface area contributed by atoms with Gasteiger partial charge in [-0.05, 0) is 29.3 Å². The molecule has 0 amide bonds. The van der Waals surface area contributed by atoms with Crippen LogP contribution < -0.4 is 11.5 Å². The predicted molar refractivity (Wildman–Crippen MR) is 91.5 cm³/mol. The van der Waals surface area contributed by atoms with Gasteiger partial charge in [0.2, 0.25) is 0 Å². The summed E-state index contributed by atoms with van der Waals surface area (Å²) in [5.41, 5.74) is 16.5. The first-order chi connectivity index (χ1) is 10.3. The van der Waals surface area contributed by atoms with Crippen molar-refractivity contribution in [3.8, 4) is 11.1 Å². The summed E-state index contributed by atoms with van der Waals surface area (Å²) in [7, 11) is 1.87. The van der Waals surface area contributed by atoms with Gasteiger partial charge < -0.3 is 11.5 Å². The minimum absolute atomic E-state index is 0.0597. The van der Waals surface area contributed by atoms with Crippen molar-refractivity contribution in [2.45, 2.75) is 26.2 Å². The van der Waals surface area contributed by atoms with Crippen molar-refractivity contribution in [2.75, 3.05) is 11.5 Å². The van der Waals surface area contributed by atoms with Crippen LogP contribution in [0.5, 0.6) is 0 Å². The van der Waals surface area contributed by atoms with Gasteiger partial charge in [-0.1, -0.05) is 32.9 Å². The third-order valence-corrected chi connectivity index (χ3v) is 3.81. The molecule has 0 aliphatic carbocycles. The summed E-state index contributed by atoms with van der Waals surface area (Å²) in [5, 5.41) is 5.21. The Balaban J connectivity index is 2.38. The van der Waals surface area contributed by atoms with Crippen molar-refractivity contribution in [2.24, 2.45) is 7.05 Å². The second kappa shape index (κ2) is 4.73. The van der Waals surface area contributed by atoms with Gasteiger partial charge in [0.25, 0.3) is 0 Å². The summed E-state index contributed by atoms with van der Waals surface area (Å²) in [5.74, 6) is 0.497. The van der Waals surface area contributed by atoms with Crippen LogP contribution in [0.1, 0.15) is 26.5 Å². The molecular formula is C17H21N5. The lowest BCUT2D eigenvalue weighted by atomic mass is 9.89. The number of benzene rings is 1. The van der Waals surface area contributed by atoms with Crippen LogP contribution in [0.2, 0.25) is 0 Å². The number of hydrogen-bond donors (Lipinski definition) is 2. The molecule has 3 aromatic rings. The number of pyridine rings is 1. The third kappa shape index (κ3) is 2.28. The second-order valence-electron chi connectivity index (χ2n) is 6.63. The normalized spacial score (nSPS) is 12.0. The van der Waals surface area contributed by atoms with E-state index in [1.807, 2.05) is 31.3 Å². The van der Waals surface area contributed by atoms with Crippen molar-refractivity contribution in [3.05, 3.63) is 36.0 Å². The lowest BCUT2D eigenvalue weighted by molar-refractivity contribution is 0.570. The minimum Gasteiger partial charge on any atom is -0.399 e. The Morgan fingerprint density at radius 1 is 1.05 bits per heavy atom. The first-order valence-corrected chi connectivity index (χ1v) is 7.27. The maximum Gasteiger partial charge on any atom is 0.160 e. The highest BCUT2D eigenvalue weighted by Gasteiger charge is 2.21. The van der Waals surface area contributed by atoms with Crippen LogP contribution in [0.25, 0.3) is 22.2 Å². The third-order valence-electron chi connectivity index (χ3n) is 3.81. The molecule has 22 heavy (non-hydrogen) atoms. The topological polar surface area (TPSA) is 82.8 Å². The molecule has 0 aliphatic heterocycles. The van der Waals surface area contributed by atoms with Crippen LogP contribution in [0.15, 0.2) is 30.3 Å². The van der Waals surface area contributed by atoms with Gasteiger partial charge >= 0.3 is 0 Å². The standard InChI is InChI=1S/C17H21N5/c1-17(2,3)13-9-12(10-5-7-11(18)8-6-10)14-15(19)21-22(4)16(14)20-13/h5-9H,18H2,1-4H3,(H2,19,21). The molecule has 0 saturated carbocycles. The number of fused-ring (bicyclic) bond motifs is 1. The molecule has 0 unspecified atom stereocenters. The lowest BCUT2D eigenvalue weighted by Crippen LogP contribution is -2.14. The number of anilines is 2. The van der Waals surface area contributed by atoms with E-state index in [1.54, 1.807) is 4.68 Å². The van der Waals surface area contributed by atoms with Crippen molar-refractivity contribution >= 4 is 22.5 Å². The molecule has 4 N–H and O–H groups in total. The van der Waals surface area contributed by atoms with E-state index in [1.165, 1.54) is 0 Å². The Bertz CT molecular complexity index is 838. The van der Waals surface area contributed by atoms with E-state index in [4.69, 9.17) is 16.5 Å². The molecule has 0 atom stereocenters. The quantitative estimate of drug-likeness (QED) is 0.676. The Kier molecular flexibility index (Phi) is 3.09. The molecule has 0 fully saturated rings. The molecular weight excluding hydrogens is 274 g/mol. The zero-order chi connectivity index (χ0) is 16.1. The van der Waals surface area contributed by atoms with Gasteiger partial charge in [-0.2, -0.15) is 5.10 Å². The fourth-order valence-electron chi connectivity index (χ4n) is 2.55. The van der Waals surface area contributed by atoms with Crippen molar-refractivity contribution in [1.82, 2.24) is 14.8 Å². The van der Waals surface area contributed by atoms with E-state index in [9.17, 15) is 0 Å². The molecule has 114 valence electrons. The molecule has 5 nitrogen and oxygen atoms in total. The van der Waals surface area contributed by atoms with Crippen molar-refractivity contribution in [3.63, 3.8) is 0 Å². The summed E-state index contributed by atoms with van der Waals surface area (Å²) >= 11 is 0. The highest BCUT2D eigenvalue weighted by atomic mass is 15.3. The van der Waals surface area contributed by atoms with Gasteiger partial charge in [0.05, 0.1) is 5.39 Å². The molecule has 0 saturated heterocycles. The Morgan fingerprint density at radius 3 is 2.27 bits per heavy atom. The average molecular weight is 295 g/mol. The fourth-order valence-corrected chi connectivity index (χ4v) is 2.55. The van der Waals surface area contributed by atoms with E-state index in [0.29, 0.717) is 5.82 Å². The smallest absolute Gasteiger partial charge is 0.160 e. The number of nitrogens with zero attached hydrogens (tertiary/aromatic N) is 3. The van der Waals surface area contributed by atoms with Gasteiger partial charge in [0, 0.05) is 23.8 Å². The maximum atomic E-state index is 6.11. The monoisotopic (exact) mass is 295 g/mol. The van der Waals surface area contributed by atoms with Crippen LogP contribution in [-0.4, -0.2) is 14.8 Å². The van der Waals surface area contributed by atoms with E-state index in [-0.39, 0.29) is 5.41 Å². The SMILES string of the molecule is Cn1nc(N)c2c(-c3ccc(N)cc3)cc(C(C)(C)C)nc21. The van der Waals surface area contributed by atoms with Gasteiger partial charge in [-0.15, -0.1) is 0 Å². The fraction of sp³-hybridized carbons (Fsp3) is 0.294. The summed E-state index contributed by atoms with van der Waals surface area (Å²) in [6.45, 7) is 6.44. The molecule has 2 aromatic heterocycles. The molecule has 0 aliphatic rings. The van der Waals surface area contributed by atoms with Crippen LogP contribution >= 0.6 is 0 Å². The highest BCUT2D eigenvalue weighted by Crippen LogP contribution is 2.35. The molecule has 2 heterocycles. The summed E-state index contributed by atoms with van der Waals surface area (Å²) < 4.78 is 1.74. The zero-order valence-electron chi connectivity index (χ0n) is 13.4. The number of aromatic nitrogens is 3. The second-order valence-corrected chi connectivity index (χ2v) is 6.63. The van der Waals surface area contributed by atoms with E-state index in [2.05, 4.69) is 31.9 Å². The van der Waals surface area contributed by atoms with Crippen molar-refractivity contribution in [1.29, 1.82) is 0 Å². The average Bonchev–Trinajstić information content (AvgIpc) is 2.73. The zero-order valence-corrected chi connectivity index (χ0v) is 13.4. The van der Waals surface area contributed by atoms with Crippen molar-refractivity contribution < 1.29 is 0 Å². The van der Waals surface area contributed by atoms with E-state index >= 15 is 0 Å². The van der Waals surface area contributed by atoms with E-state index < -0.39 is 0 Å². The largest absolute Gasteiger partial charge is 0.399 e. The first-order valence-electron chi connectivity index (χ1n) is 7.27. The maximum absolute atomic E-state index is 6.11. The summed E-state index contributed by atoms with van der Waals surface area (Å²) in [6.07, 6.45) is 0. The molecule has 5 heteroatoms. The highest BCUT2D eigenvalue weighted by molar-refractivity contribution is 6.00. The number of rotatable bonds is 1.